The van der Waals surface area contributed by atoms with E-state index in [1.807, 2.05) is 0 Å². The molecule has 0 saturated carbocycles. The lowest BCUT2D eigenvalue weighted by Gasteiger charge is -2.19. The standard InChI is InChI=1S/C11H12Cl2NO2/c1-11(2,3)16-10(15)14-9-5-7(12)4-8(13)6-9/h5-6H,1-3H3,(H,14,15). The van der Waals surface area contributed by atoms with Gasteiger partial charge in [0.2, 0.25) is 0 Å². The lowest BCUT2D eigenvalue weighted by molar-refractivity contribution is 0.0636. The first-order valence-corrected chi connectivity index (χ1v) is 5.40. The molecule has 0 bridgehead atoms. The van der Waals surface area contributed by atoms with E-state index in [-0.39, 0.29) is 0 Å². The molecular formula is C11H12Cl2NO2. The van der Waals surface area contributed by atoms with Gasteiger partial charge in [-0.1, -0.05) is 23.2 Å². The van der Waals surface area contributed by atoms with Crippen molar-refractivity contribution >= 4 is 35.0 Å². The summed E-state index contributed by atoms with van der Waals surface area (Å²) < 4.78 is 5.07. The molecule has 1 aromatic rings. The van der Waals surface area contributed by atoms with Crippen LogP contribution in [-0.2, 0) is 4.74 Å². The summed E-state index contributed by atoms with van der Waals surface area (Å²) in [6.45, 7) is 5.35. The highest BCUT2D eigenvalue weighted by atomic mass is 35.5. The molecule has 0 aromatic heterocycles. The molecule has 0 spiro atoms. The molecule has 0 aliphatic rings. The van der Waals surface area contributed by atoms with Crippen molar-refractivity contribution in [1.82, 2.24) is 0 Å². The van der Waals surface area contributed by atoms with E-state index in [2.05, 4.69) is 11.4 Å². The van der Waals surface area contributed by atoms with Crippen molar-refractivity contribution in [2.75, 3.05) is 5.32 Å². The maximum absolute atomic E-state index is 11.4. The fraction of sp³-hybridized carbons (Fsp3) is 0.364. The second-order valence-corrected chi connectivity index (χ2v) is 5.01. The van der Waals surface area contributed by atoms with Gasteiger partial charge in [-0.15, -0.1) is 0 Å². The third-order valence-electron chi connectivity index (χ3n) is 1.45. The number of rotatable bonds is 1. The Morgan fingerprint density at radius 3 is 2.25 bits per heavy atom. The van der Waals surface area contributed by atoms with Gasteiger partial charge in [-0.3, -0.25) is 5.32 Å². The Labute approximate surface area is 105 Å². The van der Waals surface area contributed by atoms with Gasteiger partial charge >= 0.3 is 6.09 Å². The van der Waals surface area contributed by atoms with Crippen molar-refractivity contribution in [3.05, 3.63) is 28.2 Å². The van der Waals surface area contributed by atoms with Gasteiger partial charge in [-0.25, -0.2) is 4.79 Å². The highest BCUT2D eigenvalue weighted by Crippen LogP contribution is 2.22. The summed E-state index contributed by atoms with van der Waals surface area (Å²) in [6, 6.07) is 5.75. The zero-order chi connectivity index (χ0) is 12.3. The number of nitrogens with one attached hydrogen (secondary N) is 1. The molecule has 3 nitrogen and oxygen atoms in total. The molecule has 1 aromatic carbocycles. The second kappa shape index (κ2) is 4.93. The fourth-order valence-electron chi connectivity index (χ4n) is 0.995. The summed E-state index contributed by atoms with van der Waals surface area (Å²) in [6.07, 6.45) is -0.550. The monoisotopic (exact) mass is 260 g/mol. The molecule has 0 aliphatic carbocycles. The van der Waals surface area contributed by atoms with Gasteiger partial charge < -0.3 is 4.74 Å². The Hall–Kier alpha value is -0.930. The van der Waals surface area contributed by atoms with Gasteiger partial charge in [0, 0.05) is 11.8 Å². The van der Waals surface area contributed by atoms with Gasteiger partial charge in [0.25, 0.3) is 0 Å². The van der Waals surface area contributed by atoms with E-state index in [4.69, 9.17) is 27.9 Å². The predicted octanol–water partition coefficient (Wildman–Crippen LogP) is 4.14. The molecule has 16 heavy (non-hydrogen) atoms. The van der Waals surface area contributed by atoms with Crippen LogP contribution in [0.3, 0.4) is 0 Å². The molecule has 0 heterocycles. The number of amides is 1. The van der Waals surface area contributed by atoms with Crippen LogP contribution in [0.15, 0.2) is 12.1 Å². The Morgan fingerprint density at radius 1 is 1.31 bits per heavy atom. The first kappa shape index (κ1) is 13.1. The second-order valence-electron chi connectivity index (χ2n) is 4.19. The van der Waals surface area contributed by atoms with Crippen LogP contribution in [0.4, 0.5) is 10.5 Å². The molecule has 1 radical (unpaired) electrons. The van der Waals surface area contributed by atoms with E-state index in [0.29, 0.717) is 15.7 Å². The van der Waals surface area contributed by atoms with Gasteiger partial charge in [0.15, 0.2) is 0 Å². The number of anilines is 1. The van der Waals surface area contributed by atoms with E-state index in [1.54, 1.807) is 20.8 Å². The van der Waals surface area contributed by atoms with Crippen molar-refractivity contribution in [2.45, 2.75) is 26.4 Å². The molecule has 0 atom stereocenters. The molecule has 5 heteroatoms. The van der Waals surface area contributed by atoms with Gasteiger partial charge in [-0.2, -0.15) is 0 Å². The predicted molar refractivity (Wildman–Crippen MR) is 65.2 cm³/mol. The SMILES string of the molecule is CC(C)(C)OC(=O)Nc1cc(Cl)[c]c(Cl)c1. The Morgan fingerprint density at radius 2 is 1.81 bits per heavy atom. The number of hydrogen-bond donors (Lipinski definition) is 1. The van der Waals surface area contributed by atoms with Crippen LogP contribution in [0.1, 0.15) is 20.8 Å². The maximum Gasteiger partial charge on any atom is 0.412 e. The highest BCUT2D eigenvalue weighted by Gasteiger charge is 2.16. The van der Waals surface area contributed by atoms with Crippen molar-refractivity contribution in [2.24, 2.45) is 0 Å². The molecule has 0 fully saturated rings. The number of halogens is 2. The van der Waals surface area contributed by atoms with Gasteiger partial charge in [0.05, 0.1) is 10.0 Å². The minimum atomic E-state index is -0.550. The number of hydrogen-bond acceptors (Lipinski definition) is 2. The largest absolute Gasteiger partial charge is 0.444 e. The van der Waals surface area contributed by atoms with Crippen LogP contribution in [0.2, 0.25) is 10.0 Å². The average molecular weight is 261 g/mol. The number of ether oxygens (including phenoxy) is 1. The molecule has 1 rings (SSSR count). The minimum absolute atomic E-state index is 0.332. The molecule has 87 valence electrons. The summed E-state index contributed by atoms with van der Waals surface area (Å²) in [5, 5.41) is 3.19. The lowest BCUT2D eigenvalue weighted by Crippen LogP contribution is -2.27. The van der Waals surface area contributed by atoms with E-state index >= 15 is 0 Å². The zero-order valence-corrected chi connectivity index (χ0v) is 10.7. The van der Waals surface area contributed by atoms with Gasteiger partial charge in [-0.05, 0) is 32.9 Å². The summed E-state index contributed by atoms with van der Waals surface area (Å²) in [5.41, 5.74) is -0.0681. The third-order valence-corrected chi connectivity index (χ3v) is 1.86. The van der Waals surface area contributed by atoms with Crippen LogP contribution in [0, 0.1) is 6.07 Å². The minimum Gasteiger partial charge on any atom is -0.444 e. The van der Waals surface area contributed by atoms with Crippen molar-refractivity contribution in [1.29, 1.82) is 0 Å². The highest BCUT2D eigenvalue weighted by molar-refractivity contribution is 6.34. The molecular weight excluding hydrogens is 249 g/mol. The number of carbonyl (C=O) groups is 1. The smallest absolute Gasteiger partial charge is 0.412 e. The summed E-state index contributed by atoms with van der Waals surface area (Å²) in [4.78, 5) is 11.4. The topological polar surface area (TPSA) is 38.3 Å². The first-order chi connectivity index (χ1) is 7.26. The lowest BCUT2D eigenvalue weighted by atomic mass is 10.2. The third kappa shape index (κ3) is 4.73. The van der Waals surface area contributed by atoms with Crippen LogP contribution in [0.5, 0.6) is 0 Å². The van der Waals surface area contributed by atoms with Crippen molar-refractivity contribution in [3.8, 4) is 0 Å². The number of carbonyl (C=O) groups excluding carboxylic acids is 1. The Balaban J connectivity index is 2.70. The molecule has 0 saturated heterocycles. The quantitative estimate of drug-likeness (QED) is 0.824. The van der Waals surface area contributed by atoms with Crippen LogP contribution < -0.4 is 5.32 Å². The summed E-state index contributed by atoms with van der Waals surface area (Å²) >= 11 is 11.5. The van der Waals surface area contributed by atoms with Crippen molar-refractivity contribution < 1.29 is 9.53 Å². The molecule has 1 N–H and O–H groups in total. The summed E-state index contributed by atoms with van der Waals surface area (Å²) in [5.74, 6) is 0. The Kier molecular flexibility index (Phi) is 4.05. The zero-order valence-electron chi connectivity index (χ0n) is 9.23. The van der Waals surface area contributed by atoms with Crippen molar-refractivity contribution in [3.63, 3.8) is 0 Å². The van der Waals surface area contributed by atoms with E-state index in [1.165, 1.54) is 12.1 Å². The van der Waals surface area contributed by atoms with Crippen LogP contribution in [0.25, 0.3) is 0 Å². The molecule has 0 aliphatic heterocycles. The average Bonchev–Trinajstić information content (AvgIpc) is 1.96. The first-order valence-electron chi connectivity index (χ1n) is 4.65. The summed E-state index contributed by atoms with van der Waals surface area (Å²) in [7, 11) is 0. The van der Waals surface area contributed by atoms with E-state index < -0.39 is 11.7 Å². The maximum atomic E-state index is 11.4. The molecule has 1 amide bonds. The van der Waals surface area contributed by atoms with Gasteiger partial charge in [0.1, 0.15) is 5.60 Å². The number of benzene rings is 1. The van der Waals surface area contributed by atoms with Crippen LogP contribution in [-0.4, -0.2) is 11.7 Å². The molecule has 0 unspecified atom stereocenters. The van der Waals surface area contributed by atoms with E-state index in [0.717, 1.165) is 0 Å². The van der Waals surface area contributed by atoms with Crippen LogP contribution >= 0.6 is 23.2 Å². The normalized spacial score (nSPS) is 11.1. The Bertz CT molecular complexity index is 379. The van der Waals surface area contributed by atoms with E-state index in [9.17, 15) is 4.79 Å². The fourth-order valence-corrected chi connectivity index (χ4v) is 1.48.